The third-order valence-electron chi connectivity index (χ3n) is 3.12. The average molecular weight is 257 g/mol. The molecule has 0 aliphatic carbocycles. The number of urea groups is 1. The number of nitrogens with one attached hydrogen (secondary N) is 1. The van der Waals surface area contributed by atoms with Gasteiger partial charge in [-0.2, -0.15) is 0 Å². The van der Waals surface area contributed by atoms with E-state index in [0.29, 0.717) is 19.5 Å². The van der Waals surface area contributed by atoms with Crippen molar-refractivity contribution in [3.8, 4) is 0 Å². The monoisotopic (exact) mass is 257 g/mol. The molecule has 0 saturated carbocycles. The maximum Gasteiger partial charge on any atom is 0.317 e. The summed E-state index contributed by atoms with van der Waals surface area (Å²) in [6.07, 6.45) is 0.464. The van der Waals surface area contributed by atoms with Crippen molar-refractivity contribution in [2.75, 3.05) is 33.2 Å². The van der Waals surface area contributed by atoms with Crippen molar-refractivity contribution >= 4 is 17.9 Å². The Labute approximate surface area is 106 Å². The summed E-state index contributed by atoms with van der Waals surface area (Å²) in [7, 11) is 1.66. The fourth-order valence-corrected chi connectivity index (χ4v) is 1.72. The first-order chi connectivity index (χ1) is 8.45. The van der Waals surface area contributed by atoms with Crippen LogP contribution in [0.15, 0.2) is 0 Å². The van der Waals surface area contributed by atoms with Crippen molar-refractivity contribution in [3.05, 3.63) is 0 Å². The van der Waals surface area contributed by atoms with Crippen LogP contribution in [0, 0.1) is 5.92 Å². The number of likely N-dealkylation sites (tertiary alicyclic amines) is 1. The summed E-state index contributed by atoms with van der Waals surface area (Å²) in [6.45, 7) is 2.99. The Balaban J connectivity index is 2.34. The highest BCUT2D eigenvalue weighted by Crippen LogP contribution is 2.15. The molecule has 1 fully saturated rings. The van der Waals surface area contributed by atoms with Crippen LogP contribution in [0.2, 0.25) is 0 Å². The van der Waals surface area contributed by atoms with Gasteiger partial charge in [-0.1, -0.05) is 0 Å². The molecule has 1 saturated heterocycles. The van der Waals surface area contributed by atoms with E-state index in [1.54, 1.807) is 7.05 Å². The lowest BCUT2D eigenvalue weighted by Gasteiger charge is -2.18. The van der Waals surface area contributed by atoms with Gasteiger partial charge in [0.1, 0.15) is 0 Å². The Hall–Kier alpha value is -1.79. The molecule has 2 N–H and O–H groups in total. The average Bonchev–Trinajstić information content (AvgIpc) is 2.84. The molecule has 1 aliphatic rings. The molecule has 1 atom stereocenters. The molecule has 0 bridgehead atoms. The number of hydrogen-bond acceptors (Lipinski definition) is 3. The van der Waals surface area contributed by atoms with E-state index < -0.39 is 11.9 Å². The highest BCUT2D eigenvalue weighted by molar-refractivity contribution is 5.84. The van der Waals surface area contributed by atoms with Crippen LogP contribution in [0.25, 0.3) is 0 Å². The van der Waals surface area contributed by atoms with Crippen molar-refractivity contribution in [2.24, 2.45) is 5.92 Å². The van der Waals surface area contributed by atoms with Crippen molar-refractivity contribution in [1.29, 1.82) is 0 Å². The van der Waals surface area contributed by atoms with Crippen LogP contribution in [-0.4, -0.2) is 66.0 Å². The van der Waals surface area contributed by atoms with Crippen molar-refractivity contribution < 1.29 is 19.5 Å². The smallest absolute Gasteiger partial charge is 0.317 e. The molecule has 0 spiro atoms. The molecule has 1 rings (SSSR count). The molecule has 7 nitrogen and oxygen atoms in total. The summed E-state index contributed by atoms with van der Waals surface area (Å²) < 4.78 is 0. The lowest BCUT2D eigenvalue weighted by atomic mass is 10.1. The van der Waals surface area contributed by atoms with E-state index in [-0.39, 0.29) is 25.0 Å². The molecule has 0 aromatic rings. The molecule has 0 aromatic heterocycles. The summed E-state index contributed by atoms with van der Waals surface area (Å²) in [5.41, 5.74) is 0. The Morgan fingerprint density at radius 1 is 1.44 bits per heavy atom. The molecular weight excluding hydrogens is 238 g/mol. The normalized spacial score (nSPS) is 18.6. The Kier molecular flexibility index (Phi) is 4.94. The van der Waals surface area contributed by atoms with Crippen LogP contribution in [0.3, 0.4) is 0 Å². The lowest BCUT2D eigenvalue weighted by molar-refractivity contribution is -0.141. The van der Waals surface area contributed by atoms with Crippen LogP contribution in [0.5, 0.6) is 0 Å². The van der Waals surface area contributed by atoms with E-state index in [4.69, 9.17) is 5.11 Å². The summed E-state index contributed by atoms with van der Waals surface area (Å²) in [5, 5.41) is 11.3. The Morgan fingerprint density at radius 3 is 2.61 bits per heavy atom. The van der Waals surface area contributed by atoms with Gasteiger partial charge < -0.3 is 20.2 Å². The van der Waals surface area contributed by atoms with Crippen LogP contribution in [0.1, 0.15) is 13.3 Å². The number of aliphatic carboxylic acids is 1. The Morgan fingerprint density at radius 2 is 2.11 bits per heavy atom. The fourth-order valence-electron chi connectivity index (χ4n) is 1.72. The molecule has 0 aromatic carbocycles. The van der Waals surface area contributed by atoms with E-state index in [2.05, 4.69) is 5.32 Å². The van der Waals surface area contributed by atoms with Gasteiger partial charge in [0.2, 0.25) is 5.91 Å². The minimum atomic E-state index is -0.882. The van der Waals surface area contributed by atoms with E-state index in [1.165, 1.54) is 9.80 Å². The van der Waals surface area contributed by atoms with Gasteiger partial charge >= 0.3 is 12.0 Å². The zero-order chi connectivity index (χ0) is 13.7. The largest absolute Gasteiger partial charge is 0.481 e. The van der Waals surface area contributed by atoms with Crippen molar-refractivity contribution in [1.82, 2.24) is 15.1 Å². The number of rotatable bonds is 4. The number of nitrogens with zero attached hydrogens (tertiary/aromatic N) is 2. The van der Waals surface area contributed by atoms with Gasteiger partial charge in [-0.05, 0) is 13.3 Å². The third kappa shape index (κ3) is 3.61. The molecule has 1 unspecified atom stereocenters. The van der Waals surface area contributed by atoms with E-state index in [0.717, 1.165) is 0 Å². The lowest BCUT2D eigenvalue weighted by Crippen LogP contribution is -2.44. The molecule has 3 amide bonds. The number of carbonyl (C=O) groups excluding carboxylic acids is 2. The highest BCUT2D eigenvalue weighted by Gasteiger charge is 2.30. The summed E-state index contributed by atoms with van der Waals surface area (Å²) in [5.74, 6) is -1.54. The minimum absolute atomic E-state index is 0.0581. The quantitative estimate of drug-likeness (QED) is 0.716. The van der Waals surface area contributed by atoms with Crippen LogP contribution >= 0.6 is 0 Å². The predicted molar refractivity (Wildman–Crippen MR) is 64.0 cm³/mol. The predicted octanol–water partition coefficient (Wildman–Crippen LogP) is -0.419. The zero-order valence-electron chi connectivity index (χ0n) is 10.7. The maximum atomic E-state index is 11.7. The fraction of sp³-hybridized carbons (Fsp3) is 0.727. The van der Waals surface area contributed by atoms with Gasteiger partial charge in [-0.25, -0.2) is 4.79 Å². The second kappa shape index (κ2) is 6.23. The second-order valence-electron chi connectivity index (χ2n) is 4.34. The zero-order valence-corrected chi connectivity index (χ0v) is 10.7. The van der Waals surface area contributed by atoms with Crippen molar-refractivity contribution in [2.45, 2.75) is 13.3 Å². The van der Waals surface area contributed by atoms with Gasteiger partial charge in [-0.15, -0.1) is 0 Å². The first-order valence-corrected chi connectivity index (χ1v) is 5.95. The van der Waals surface area contributed by atoms with Gasteiger partial charge in [0, 0.05) is 26.7 Å². The minimum Gasteiger partial charge on any atom is -0.481 e. The number of amides is 3. The van der Waals surface area contributed by atoms with E-state index in [9.17, 15) is 14.4 Å². The van der Waals surface area contributed by atoms with Gasteiger partial charge in [0.25, 0.3) is 0 Å². The summed E-state index contributed by atoms with van der Waals surface area (Å²) in [6, 6.07) is -0.378. The standard InChI is InChI=1S/C11H19N3O4/c1-3-13(2)9(15)6-12-11(18)14-5-4-8(7-14)10(16)17/h8H,3-7H2,1-2H3,(H,12,18)(H,16,17). The molecule has 0 radical (unpaired) electrons. The summed E-state index contributed by atoms with van der Waals surface area (Å²) >= 11 is 0. The van der Waals surface area contributed by atoms with Crippen LogP contribution in [-0.2, 0) is 9.59 Å². The van der Waals surface area contributed by atoms with Gasteiger partial charge in [0.05, 0.1) is 12.5 Å². The van der Waals surface area contributed by atoms with E-state index >= 15 is 0 Å². The highest BCUT2D eigenvalue weighted by atomic mass is 16.4. The first kappa shape index (κ1) is 14.3. The topological polar surface area (TPSA) is 90.0 Å². The number of hydrogen-bond donors (Lipinski definition) is 2. The molecule has 7 heteroatoms. The van der Waals surface area contributed by atoms with Gasteiger partial charge in [-0.3, -0.25) is 9.59 Å². The van der Waals surface area contributed by atoms with Crippen LogP contribution < -0.4 is 5.32 Å². The molecule has 18 heavy (non-hydrogen) atoms. The van der Waals surface area contributed by atoms with E-state index in [1.807, 2.05) is 6.92 Å². The maximum absolute atomic E-state index is 11.7. The molecular formula is C11H19N3O4. The SMILES string of the molecule is CCN(C)C(=O)CNC(=O)N1CCC(C(=O)O)C1. The number of carbonyl (C=O) groups is 3. The second-order valence-corrected chi connectivity index (χ2v) is 4.34. The van der Waals surface area contributed by atoms with Gasteiger partial charge in [0.15, 0.2) is 0 Å². The van der Waals surface area contributed by atoms with Crippen molar-refractivity contribution in [3.63, 3.8) is 0 Å². The number of carboxylic acids is 1. The summed E-state index contributed by atoms with van der Waals surface area (Å²) in [4.78, 5) is 36.8. The number of carboxylic acid groups (broad SMARTS) is 1. The first-order valence-electron chi connectivity index (χ1n) is 5.95. The Bertz CT molecular complexity index is 345. The molecule has 1 heterocycles. The number of likely N-dealkylation sites (N-methyl/N-ethyl adjacent to an activating group) is 1. The third-order valence-corrected chi connectivity index (χ3v) is 3.12. The molecule has 1 aliphatic heterocycles. The molecule has 102 valence electrons. The van der Waals surface area contributed by atoms with Crippen LogP contribution in [0.4, 0.5) is 4.79 Å².